The number of carbonyl (C=O) groups excluding carboxylic acids is 2. The highest BCUT2D eigenvalue weighted by molar-refractivity contribution is 14.1. The van der Waals surface area contributed by atoms with Gasteiger partial charge in [-0.1, -0.05) is 79.0 Å². The Balaban J connectivity index is 1.15. The minimum Gasteiger partial charge on any atom is -0.492 e. The third-order valence-corrected chi connectivity index (χ3v) is 21.1. The van der Waals surface area contributed by atoms with Gasteiger partial charge < -0.3 is 92.8 Å². The highest BCUT2D eigenvalue weighted by Crippen LogP contribution is 2.48. The normalized spacial score (nSPS) is 35.9. The highest BCUT2D eigenvalue weighted by Gasteiger charge is 2.52. The first-order valence-corrected chi connectivity index (χ1v) is 32.4. The maximum Gasteiger partial charge on any atom is 0.411 e. The standard InChI is InChI=1S/C58H82IN3O21S3/c1-14-60-32-26-76-37(24-36(32)71-9)81-50-45(66)42(28(3)78-55(50)80-35-19-17-15-16-18-21-58(70)25-34(64)43(61-56(69)75-13)40(35)31(58)20-22-84-86-57(6,7)8)62-83-38-23-33(63)52(30(5)77-38)85-53(68)39-27(2)41(59)48(51(74-12)47(39)72-10)82-54-46(67)49(73-11)44(65)29(4)79-54/h15-16,20,28-30,32-33,35-38,42,44-46,49-50,52,54-55,60,62-63,65-68,70,85H,14,22-26H2,1-13H3,(H,61,69)/b16-15-,31-20+/t28-,29+,30-,32+,33+,35+,36+,37+,38+,42-,44+,45+,46-,49-,50-,52-,54+,55+,58+/m1/s1. The van der Waals surface area contributed by atoms with Crippen molar-refractivity contribution in [1.82, 2.24) is 16.1 Å². The molecule has 0 unspecified atom stereocenters. The number of Topliss-reactive ketones (excluding diaryl/α,β-unsaturated/α-hetero) is 1. The molecule has 9 N–H and O–H groups in total. The summed E-state index contributed by atoms with van der Waals surface area (Å²) in [6.07, 6.45) is -13.5. The fourth-order valence-corrected chi connectivity index (χ4v) is 14.7. The van der Waals surface area contributed by atoms with Crippen LogP contribution in [0.1, 0.15) is 78.9 Å². The van der Waals surface area contributed by atoms with Gasteiger partial charge in [0.2, 0.25) is 12.0 Å². The average molecular weight is 1380 g/mol. The fraction of sp³-hybridized carbons (Fsp3) is 0.672. The number of aliphatic hydroxyl groups excluding tert-OH is 5. The van der Waals surface area contributed by atoms with Gasteiger partial charge in [-0.3, -0.25) is 14.9 Å². The number of halogens is 1. The molecule has 0 spiro atoms. The van der Waals surface area contributed by atoms with E-state index in [9.17, 15) is 40.2 Å². The lowest BCUT2D eigenvalue weighted by molar-refractivity contribution is -0.336. The molecule has 0 radical (unpaired) electrons. The third-order valence-electron chi connectivity index (χ3n) is 15.0. The zero-order valence-corrected chi connectivity index (χ0v) is 55.0. The van der Waals surface area contributed by atoms with Crippen LogP contribution >= 0.6 is 55.5 Å². The summed E-state index contributed by atoms with van der Waals surface area (Å²) < 4.78 is 72.8. The number of ether oxygens (including phenoxy) is 12. The molecular weight excluding hydrogens is 1300 g/mol. The molecule has 0 saturated carbocycles. The summed E-state index contributed by atoms with van der Waals surface area (Å²) in [5, 5.41) is 75.4. The Kier molecular flexibility index (Phi) is 25.6. The first-order chi connectivity index (χ1) is 40.8. The van der Waals surface area contributed by atoms with Crippen LogP contribution in [0.2, 0.25) is 0 Å². The van der Waals surface area contributed by atoms with Crippen molar-refractivity contribution in [2.75, 3.05) is 54.5 Å². The van der Waals surface area contributed by atoms with Gasteiger partial charge in [0.15, 0.2) is 41.8 Å². The minimum atomic E-state index is -2.06. The molecule has 86 heavy (non-hydrogen) atoms. The van der Waals surface area contributed by atoms with Crippen LogP contribution < -0.4 is 30.3 Å². The highest BCUT2D eigenvalue weighted by atomic mass is 127. The molecule has 1 amide bonds. The lowest BCUT2D eigenvalue weighted by Gasteiger charge is -2.46. The SMILES string of the molecule is CCN[C@H]1CO[C@@H](O[C@H]2[C@H](O[C@H]3C#C/C=C\C#C[C@]4(O)CC(=O)C(NC(=O)OC)=C3/C4=C\CSSC(C)(C)C)O[C@H](C)[C@@H](NO[C@H]3C[C@H](O)[C@H]([SH]=C(O)c4c(C)c(I)c(O[C@@H]5O[C@@H](C)[C@H](O)[C@@H](OC)[C@H]5O)c(OC)c4OC)[C@@H](C)O3)[C@@H]2O)C[C@@H]1OC. The number of hydrogen-bond donors (Lipinski definition) is 10. The van der Waals surface area contributed by atoms with Crippen molar-refractivity contribution < 1.29 is 102 Å². The van der Waals surface area contributed by atoms with Gasteiger partial charge in [-0.15, -0.1) is 0 Å². The zero-order valence-electron chi connectivity index (χ0n) is 50.3. The summed E-state index contributed by atoms with van der Waals surface area (Å²) in [5.74, 6) is 11.6. The maximum atomic E-state index is 14.2. The van der Waals surface area contributed by atoms with E-state index in [1.165, 1.54) is 44.3 Å². The number of rotatable bonds is 21. The number of alkyl carbamates (subject to hydrolysis) is 1. The van der Waals surface area contributed by atoms with E-state index in [1.54, 1.807) is 51.7 Å². The number of methoxy groups -OCH3 is 5. The molecule has 4 fully saturated rings. The van der Waals surface area contributed by atoms with Crippen molar-refractivity contribution in [3.63, 3.8) is 0 Å². The number of aliphatic hydroxyl groups is 6. The van der Waals surface area contributed by atoms with Crippen molar-refractivity contribution in [3.8, 4) is 40.9 Å². The minimum absolute atomic E-state index is 0.00897. The van der Waals surface area contributed by atoms with E-state index in [-0.39, 0.29) is 92.4 Å². The van der Waals surface area contributed by atoms with Crippen LogP contribution in [0.4, 0.5) is 4.79 Å². The molecule has 1 aromatic carbocycles. The number of amides is 1. The Bertz CT molecular complexity index is 2810. The predicted molar refractivity (Wildman–Crippen MR) is 330 cm³/mol. The number of benzene rings is 1. The first kappa shape index (κ1) is 70.3. The predicted octanol–water partition coefficient (Wildman–Crippen LogP) is 3.35. The molecule has 24 nitrogen and oxygen atoms in total. The van der Waals surface area contributed by atoms with E-state index in [0.717, 1.165) is 7.11 Å². The molecular formula is C58H82IN3O21S3. The summed E-state index contributed by atoms with van der Waals surface area (Å²) in [4.78, 5) is 33.3. The number of allylic oxidation sites excluding steroid dienone is 3. The quantitative estimate of drug-likeness (QED) is 0.0161. The van der Waals surface area contributed by atoms with Crippen molar-refractivity contribution in [2.45, 2.75) is 195 Å². The Morgan fingerprint density at radius 1 is 0.895 bits per heavy atom. The Labute approximate surface area is 527 Å². The molecule has 19 atom stereocenters. The fourth-order valence-electron chi connectivity index (χ4n) is 10.7. The van der Waals surface area contributed by atoms with E-state index in [0.29, 0.717) is 21.4 Å². The first-order valence-electron chi connectivity index (χ1n) is 28.1. The van der Waals surface area contributed by atoms with Gasteiger partial charge in [0.25, 0.3) is 0 Å². The summed E-state index contributed by atoms with van der Waals surface area (Å²) in [6, 6.07) is -1.25. The van der Waals surface area contributed by atoms with Crippen LogP contribution in [0.15, 0.2) is 35.1 Å². The number of fused-ring (bicyclic) bond motifs is 2. The van der Waals surface area contributed by atoms with Crippen LogP contribution in [0.5, 0.6) is 17.2 Å². The van der Waals surface area contributed by atoms with Crippen molar-refractivity contribution >= 4 is 72.5 Å². The molecule has 28 heteroatoms. The third kappa shape index (κ3) is 16.5. The van der Waals surface area contributed by atoms with E-state index >= 15 is 0 Å². The topological polar surface area (TPSA) is 312 Å². The molecule has 7 rings (SSSR count). The molecule has 4 saturated heterocycles. The van der Waals surface area contributed by atoms with Crippen LogP contribution in [-0.4, -0.2) is 222 Å². The van der Waals surface area contributed by atoms with Gasteiger partial charge in [-0.2, -0.15) is 16.8 Å². The van der Waals surface area contributed by atoms with Crippen LogP contribution in [-0.2, 0) is 52.3 Å². The van der Waals surface area contributed by atoms with E-state index < -0.39 is 121 Å². The largest absolute Gasteiger partial charge is 0.492 e. The number of hydroxylamine groups is 1. The second-order valence-electron chi connectivity index (χ2n) is 22.1. The smallest absolute Gasteiger partial charge is 0.411 e. The molecule has 4 heterocycles. The van der Waals surface area contributed by atoms with Gasteiger partial charge in [0.1, 0.15) is 41.7 Å². The van der Waals surface area contributed by atoms with Crippen LogP contribution in [0.25, 0.3) is 0 Å². The zero-order chi connectivity index (χ0) is 62.9. The van der Waals surface area contributed by atoms with Gasteiger partial charge in [-0.05, 0) is 74.5 Å². The molecule has 1 aromatic rings. The Morgan fingerprint density at radius 3 is 2.26 bits per heavy atom. The van der Waals surface area contributed by atoms with Gasteiger partial charge in [-0.25, -0.2) is 4.79 Å². The van der Waals surface area contributed by atoms with E-state index in [2.05, 4.69) is 60.6 Å². The maximum absolute atomic E-state index is 14.2. The average Bonchev–Trinajstić information content (AvgIpc) is 0.894. The van der Waals surface area contributed by atoms with Crippen LogP contribution in [0, 0.1) is 34.2 Å². The van der Waals surface area contributed by atoms with Crippen molar-refractivity contribution in [2.24, 2.45) is 0 Å². The number of ketones is 1. The monoisotopic (exact) mass is 1380 g/mol. The Morgan fingerprint density at radius 2 is 1.60 bits per heavy atom. The van der Waals surface area contributed by atoms with Gasteiger partial charge in [0.05, 0.1) is 97.0 Å². The van der Waals surface area contributed by atoms with Crippen molar-refractivity contribution in [3.05, 3.63) is 49.8 Å². The Hall–Kier alpha value is -3.13. The number of carbonyl (C=O) groups is 2. The van der Waals surface area contributed by atoms with Gasteiger partial charge >= 0.3 is 6.09 Å². The van der Waals surface area contributed by atoms with Crippen molar-refractivity contribution in [1.29, 1.82) is 0 Å². The lowest BCUT2D eigenvalue weighted by Crippen LogP contribution is -2.65. The molecule has 4 aliphatic heterocycles. The summed E-state index contributed by atoms with van der Waals surface area (Å²) in [7, 11) is 9.98. The molecule has 480 valence electrons. The number of likely N-dealkylation sites (N-methyl/N-ethyl adjacent to an activating group) is 1. The second kappa shape index (κ2) is 31.3. The molecule has 2 aliphatic carbocycles. The number of thiol groups is 1. The lowest BCUT2D eigenvalue weighted by atomic mass is 9.75. The molecule has 2 bridgehead atoms. The summed E-state index contributed by atoms with van der Waals surface area (Å²) in [6.45, 7) is 15.7. The number of hydrogen-bond acceptors (Lipinski definition) is 24. The summed E-state index contributed by atoms with van der Waals surface area (Å²) in [5.41, 5.74) is 1.54. The number of nitrogens with one attached hydrogen (secondary N) is 3. The van der Waals surface area contributed by atoms with Gasteiger partial charge in [0, 0.05) is 48.7 Å². The molecule has 6 aliphatic rings. The van der Waals surface area contributed by atoms with E-state index in [1.807, 2.05) is 29.5 Å². The summed E-state index contributed by atoms with van der Waals surface area (Å²) >= 11 is 2.29. The van der Waals surface area contributed by atoms with E-state index in [4.69, 9.17) is 61.7 Å². The molecule has 0 aromatic heterocycles. The van der Waals surface area contributed by atoms with Crippen LogP contribution in [0.3, 0.4) is 0 Å². The second-order valence-corrected chi connectivity index (χ2v) is 27.6.